The van der Waals surface area contributed by atoms with E-state index in [1.54, 1.807) is 0 Å². The summed E-state index contributed by atoms with van der Waals surface area (Å²) in [4.78, 5) is 3.49. The van der Waals surface area contributed by atoms with Crippen molar-refractivity contribution >= 4 is 33.2 Å². The summed E-state index contributed by atoms with van der Waals surface area (Å²) >= 11 is 0. The maximum Gasteiger partial charge on any atom is 0.0482 e. The number of hydrogen-bond acceptors (Lipinski definition) is 3. The molecule has 3 heterocycles. The average molecular weight is 430 g/mol. The van der Waals surface area contributed by atoms with Gasteiger partial charge in [-0.3, -0.25) is 0 Å². The van der Waals surface area contributed by atoms with Crippen molar-refractivity contribution in [3.05, 3.63) is 59.9 Å². The molecule has 0 bridgehead atoms. The van der Waals surface area contributed by atoms with E-state index in [0.29, 0.717) is 11.8 Å². The fourth-order valence-electron chi connectivity index (χ4n) is 5.28. The zero-order chi connectivity index (χ0) is 22.1. The summed E-state index contributed by atoms with van der Waals surface area (Å²) in [6, 6.07) is 13.5. The minimum absolute atomic E-state index is 0.531. The van der Waals surface area contributed by atoms with Gasteiger partial charge in [0.1, 0.15) is 0 Å². The van der Waals surface area contributed by atoms with Crippen LogP contribution in [0.15, 0.2) is 48.8 Å². The molecule has 0 radical (unpaired) electrons. The second-order valence-corrected chi connectivity index (χ2v) is 9.37. The van der Waals surface area contributed by atoms with Gasteiger partial charge in [0.2, 0.25) is 0 Å². The van der Waals surface area contributed by atoms with Gasteiger partial charge in [0.15, 0.2) is 0 Å². The molecule has 4 N–H and O–H groups in total. The van der Waals surface area contributed by atoms with Crippen LogP contribution >= 0.6 is 0 Å². The summed E-state index contributed by atoms with van der Waals surface area (Å²) in [6.07, 6.45) is 8.09. The number of anilines is 2. The van der Waals surface area contributed by atoms with Gasteiger partial charge in [0, 0.05) is 52.6 Å². The van der Waals surface area contributed by atoms with Gasteiger partial charge in [0.05, 0.1) is 0 Å². The Morgan fingerprint density at radius 3 is 2.66 bits per heavy atom. The van der Waals surface area contributed by atoms with E-state index in [4.69, 9.17) is 0 Å². The SMILES string of the molecule is CNCCC(C)c1c[nH]c2cc(Nc3ccc4c(c3)c(C3CCNCC3)cn4C)ccc12. The molecule has 1 aliphatic heterocycles. The Balaban J connectivity index is 1.41. The third-order valence-corrected chi connectivity index (χ3v) is 7.16. The molecule has 1 atom stereocenters. The number of H-pyrrole nitrogens is 1. The molecule has 2 aromatic carbocycles. The van der Waals surface area contributed by atoms with Crippen LogP contribution in [0.2, 0.25) is 0 Å². The molecule has 5 nitrogen and oxygen atoms in total. The number of hydrogen-bond donors (Lipinski definition) is 4. The molecule has 5 heteroatoms. The van der Waals surface area contributed by atoms with Crippen LogP contribution in [0, 0.1) is 0 Å². The van der Waals surface area contributed by atoms with Crippen molar-refractivity contribution in [2.75, 3.05) is 32.0 Å². The Labute approximate surface area is 190 Å². The number of benzene rings is 2. The molecule has 2 aromatic heterocycles. The third-order valence-electron chi connectivity index (χ3n) is 7.16. The van der Waals surface area contributed by atoms with Crippen LogP contribution in [0.4, 0.5) is 11.4 Å². The van der Waals surface area contributed by atoms with Gasteiger partial charge >= 0.3 is 0 Å². The summed E-state index contributed by atoms with van der Waals surface area (Å²) in [6.45, 7) is 5.57. The summed E-state index contributed by atoms with van der Waals surface area (Å²) in [7, 11) is 4.18. The number of rotatable bonds is 7. The molecule has 0 amide bonds. The molecule has 0 spiro atoms. The van der Waals surface area contributed by atoms with Gasteiger partial charge in [-0.05, 0) is 99.2 Å². The lowest BCUT2D eigenvalue weighted by Crippen LogP contribution is -2.26. The minimum atomic E-state index is 0.531. The predicted octanol–water partition coefficient (Wildman–Crippen LogP) is 5.58. The lowest BCUT2D eigenvalue weighted by molar-refractivity contribution is 0.462. The molecule has 4 aromatic rings. The monoisotopic (exact) mass is 429 g/mol. The highest BCUT2D eigenvalue weighted by molar-refractivity contribution is 5.90. The summed E-state index contributed by atoms with van der Waals surface area (Å²) in [5.74, 6) is 1.18. The molecule has 5 rings (SSSR count). The van der Waals surface area contributed by atoms with Gasteiger partial charge < -0.3 is 25.5 Å². The Morgan fingerprint density at radius 2 is 1.84 bits per heavy atom. The van der Waals surface area contributed by atoms with E-state index in [1.165, 1.54) is 45.8 Å². The van der Waals surface area contributed by atoms with E-state index in [1.807, 2.05) is 7.05 Å². The maximum atomic E-state index is 3.65. The van der Waals surface area contributed by atoms with E-state index in [9.17, 15) is 0 Å². The number of fused-ring (bicyclic) bond motifs is 2. The molecule has 1 saturated heterocycles. The Hall–Kier alpha value is -2.76. The first-order chi connectivity index (χ1) is 15.6. The van der Waals surface area contributed by atoms with Crippen molar-refractivity contribution in [3.8, 4) is 0 Å². The second kappa shape index (κ2) is 9.00. The molecule has 1 unspecified atom stereocenters. The van der Waals surface area contributed by atoms with Crippen LogP contribution in [0.5, 0.6) is 0 Å². The van der Waals surface area contributed by atoms with Crippen molar-refractivity contribution in [1.82, 2.24) is 20.2 Å². The average Bonchev–Trinajstić information content (AvgIpc) is 3.39. The zero-order valence-electron chi connectivity index (χ0n) is 19.5. The Morgan fingerprint density at radius 1 is 1.06 bits per heavy atom. The van der Waals surface area contributed by atoms with Crippen molar-refractivity contribution < 1.29 is 0 Å². The summed E-state index contributed by atoms with van der Waals surface area (Å²) in [5, 5.41) is 13.1. The molecule has 0 saturated carbocycles. The maximum absolute atomic E-state index is 3.65. The third kappa shape index (κ3) is 4.03. The van der Waals surface area contributed by atoms with Crippen LogP contribution in [-0.4, -0.2) is 36.2 Å². The highest BCUT2D eigenvalue weighted by Crippen LogP contribution is 2.35. The van der Waals surface area contributed by atoms with Gasteiger partial charge in [-0.1, -0.05) is 13.0 Å². The smallest absolute Gasteiger partial charge is 0.0482 e. The van der Waals surface area contributed by atoms with Crippen molar-refractivity contribution in [1.29, 1.82) is 0 Å². The van der Waals surface area contributed by atoms with E-state index in [2.05, 4.69) is 88.3 Å². The standard InChI is InChI=1S/C27H35N5/c1-18(8-11-28-2)24-16-30-26-15-21(4-6-22(24)26)31-20-5-7-27-23(14-20)25(17-32(27)3)19-9-12-29-13-10-19/h4-7,14-19,28-31H,8-13H2,1-3H3. The number of aryl methyl sites for hydroxylation is 1. The number of aromatic amines is 1. The molecule has 32 heavy (non-hydrogen) atoms. The Kier molecular flexibility index (Phi) is 5.94. The van der Waals surface area contributed by atoms with Crippen LogP contribution < -0.4 is 16.0 Å². The van der Waals surface area contributed by atoms with E-state index >= 15 is 0 Å². The van der Waals surface area contributed by atoms with Crippen molar-refractivity contribution in [2.24, 2.45) is 7.05 Å². The Bertz CT molecular complexity index is 1210. The second-order valence-electron chi connectivity index (χ2n) is 9.37. The lowest BCUT2D eigenvalue weighted by Gasteiger charge is -2.22. The van der Waals surface area contributed by atoms with Gasteiger partial charge in [-0.2, -0.15) is 0 Å². The predicted molar refractivity (Wildman–Crippen MR) is 136 cm³/mol. The number of nitrogens with zero attached hydrogens (tertiary/aromatic N) is 1. The highest BCUT2D eigenvalue weighted by atomic mass is 14.9. The van der Waals surface area contributed by atoms with Crippen molar-refractivity contribution in [3.63, 3.8) is 0 Å². The molecular weight excluding hydrogens is 394 g/mol. The van der Waals surface area contributed by atoms with Crippen LogP contribution in [-0.2, 0) is 7.05 Å². The molecule has 0 aliphatic carbocycles. The highest BCUT2D eigenvalue weighted by Gasteiger charge is 2.20. The normalized spacial score (nSPS) is 16.1. The lowest BCUT2D eigenvalue weighted by atomic mass is 9.90. The van der Waals surface area contributed by atoms with Crippen LogP contribution in [0.25, 0.3) is 21.8 Å². The quantitative estimate of drug-likeness (QED) is 0.310. The number of nitrogens with one attached hydrogen (secondary N) is 4. The van der Waals surface area contributed by atoms with E-state index < -0.39 is 0 Å². The molecule has 1 aliphatic rings. The fourth-order valence-corrected chi connectivity index (χ4v) is 5.28. The summed E-state index contributed by atoms with van der Waals surface area (Å²) < 4.78 is 2.28. The number of aromatic nitrogens is 2. The molecular formula is C27H35N5. The molecule has 1 fully saturated rings. The first-order valence-corrected chi connectivity index (χ1v) is 12.0. The zero-order valence-corrected chi connectivity index (χ0v) is 19.5. The number of piperidine rings is 1. The van der Waals surface area contributed by atoms with Gasteiger partial charge in [-0.15, -0.1) is 0 Å². The van der Waals surface area contributed by atoms with Gasteiger partial charge in [-0.25, -0.2) is 0 Å². The van der Waals surface area contributed by atoms with Crippen LogP contribution in [0.3, 0.4) is 0 Å². The first kappa shape index (κ1) is 21.1. The topological polar surface area (TPSA) is 56.8 Å². The van der Waals surface area contributed by atoms with E-state index in [-0.39, 0.29) is 0 Å². The fraction of sp³-hybridized carbons (Fsp3) is 0.407. The molecule has 168 valence electrons. The summed E-state index contributed by atoms with van der Waals surface area (Å²) in [5.41, 5.74) is 7.66. The minimum Gasteiger partial charge on any atom is -0.361 e. The van der Waals surface area contributed by atoms with Gasteiger partial charge in [0.25, 0.3) is 0 Å². The van der Waals surface area contributed by atoms with Crippen molar-refractivity contribution in [2.45, 2.75) is 38.0 Å². The first-order valence-electron chi connectivity index (χ1n) is 12.0. The van der Waals surface area contributed by atoms with Crippen LogP contribution in [0.1, 0.15) is 49.1 Å². The largest absolute Gasteiger partial charge is 0.361 e. The van der Waals surface area contributed by atoms with E-state index in [0.717, 1.165) is 37.4 Å².